The van der Waals surface area contributed by atoms with E-state index in [1.54, 1.807) is 7.11 Å². The van der Waals surface area contributed by atoms with Crippen molar-refractivity contribution >= 4 is 11.8 Å². The second-order valence-electron chi connectivity index (χ2n) is 5.08. The number of aliphatic hydroxyl groups excluding tert-OH is 1. The molecule has 112 valence electrons. The molecule has 6 heteroatoms. The predicted molar refractivity (Wildman–Crippen MR) is 80.4 cm³/mol. The number of para-hydroxylation sites is 1. The Bertz CT molecular complexity index is 602. The molecule has 1 saturated carbocycles. The van der Waals surface area contributed by atoms with Crippen LogP contribution in [0.15, 0.2) is 33.9 Å². The first-order valence-corrected chi connectivity index (χ1v) is 7.97. The van der Waals surface area contributed by atoms with Gasteiger partial charge in [0.1, 0.15) is 5.75 Å². The molecule has 2 unspecified atom stereocenters. The Balaban J connectivity index is 1.77. The summed E-state index contributed by atoms with van der Waals surface area (Å²) in [6.45, 7) is 0. The first-order valence-electron chi connectivity index (χ1n) is 7.09. The van der Waals surface area contributed by atoms with Crippen LogP contribution >= 0.6 is 11.8 Å². The van der Waals surface area contributed by atoms with E-state index in [0.29, 0.717) is 16.9 Å². The highest BCUT2D eigenvalue weighted by atomic mass is 32.2. The van der Waals surface area contributed by atoms with Crippen molar-refractivity contribution in [2.45, 2.75) is 42.3 Å². The molecule has 1 heterocycles. The third-order valence-electron chi connectivity index (χ3n) is 3.66. The number of methoxy groups -OCH3 is 1. The monoisotopic (exact) mass is 306 g/mol. The molecule has 3 rings (SSSR count). The fraction of sp³-hybridized carbons (Fsp3) is 0.467. The maximum absolute atomic E-state index is 10.0. The maximum Gasteiger partial charge on any atom is 0.277 e. The molecule has 21 heavy (non-hydrogen) atoms. The lowest BCUT2D eigenvalue weighted by molar-refractivity contribution is 0.136. The van der Waals surface area contributed by atoms with Crippen LogP contribution in [-0.4, -0.2) is 33.8 Å². The average Bonchev–Trinajstić information content (AvgIpc) is 2.98. The molecule has 1 aliphatic carbocycles. The second-order valence-corrected chi connectivity index (χ2v) is 6.27. The number of thioether (sulfide) groups is 1. The van der Waals surface area contributed by atoms with Crippen molar-refractivity contribution in [1.29, 1.82) is 0 Å². The molecule has 0 saturated heterocycles. The number of hydrogen-bond acceptors (Lipinski definition) is 6. The standard InChI is InChI=1S/C15H18N2O3S/c1-19-12-8-4-2-6-10(12)14-16-17-15(20-14)21-13-9-5-3-7-11(13)18/h2,4,6,8,11,13,18H,3,5,7,9H2,1H3. The zero-order valence-electron chi connectivity index (χ0n) is 11.9. The van der Waals surface area contributed by atoms with Crippen molar-refractivity contribution in [3.8, 4) is 17.2 Å². The lowest BCUT2D eigenvalue weighted by atomic mass is 9.97. The smallest absolute Gasteiger partial charge is 0.277 e. The van der Waals surface area contributed by atoms with Gasteiger partial charge < -0.3 is 14.3 Å². The van der Waals surface area contributed by atoms with E-state index in [2.05, 4.69) is 10.2 Å². The zero-order chi connectivity index (χ0) is 14.7. The lowest BCUT2D eigenvalue weighted by Gasteiger charge is -2.25. The molecule has 5 nitrogen and oxygen atoms in total. The van der Waals surface area contributed by atoms with Gasteiger partial charge in [0.2, 0.25) is 0 Å². The summed E-state index contributed by atoms with van der Waals surface area (Å²) in [7, 11) is 1.61. The van der Waals surface area contributed by atoms with Gasteiger partial charge in [-0.2, -0.15) is 0 Å². The van der Waals surface area contributed by atoms with Crippen molar-refractivity contribution in [3.63, 3.8) is 0 Å². The Morgan fingerprint density at radius 2 is 2.05 bits per heavy atom. The molecule has 0 spiro atoms. The quantitative estimate of drug-likeness (QED) is 0.936. The Morgan fingerprint density at radius 1 is 1.24 bits per heavy atom. The lowest BCUT2D eigenvalue weighted by Crippen LogP contribution is -2.26. The number of benzene rings is 1. The van der Waals surface area contributed by atoms with Gasteiger partial charge in [0.05, 0.1) is 18.8 Å². The van der Waals surface area contributed by atoms with Gasteiger partial charge in [-0.3, -0.25) is 0 Å². The molecule has 0 aliphatic heterocycles. The minimum atomic E-state index is -0.287. The summed E-state index contributed by atoms with van der Waals surface area (Å²) in [5.41, 5.74) is 0.781. The summed E-state index contributed by atoms with van der Waals surface area (Å²) >= 11 is 1.47. The highest BCUT2D eigenvalue weighted by Crippen LogP contribution is 2.35. The number of aromatic nitrogens is 2. The number of aliphatic hydroxyl groups is 1. The molecule has 1 aromatic carbocycles. The largest absolute Gasteiger partial charge is 0.496 e. The average molecular weight is 306 g/mol. The van der Waals surface area contributed by atoms with Crippen LogP contribution in [0.1, 0.15) is 25.7 Å². The van der Waals surface area contributed by atoms with Gasteiger partial charge in [-0.05, 0) is 25.0 Å². The minimum Gasteiger partial charge on any atom is -0.496 e. The molecule has 1 aliphatic rings. The molecule has 2 atom stereocenters. The summed E-state index contributed by atoms with van der Waals surface area (Å²) in [5, 5.41) is 18.8. The number of nitrogens with zero attached hydrogens (tertiary/aromatic N) is 2. The van der Waals surface area contributed by atoms with Gasteiger partial charge in [0, 0.05) is 5.25 Å². The van der Waals surface area contributed by atoms with Gasteiger partial charge >= 0.3 is 0 Å². The van der Waals surface area contributed by atoms with E-state index in [1.165, 1.54) is 11.8 Å². The van der Waals surface area contributed by atoms with Crippen LogP contribution in [0.2, 0.25) is 0 Å². The van der Waals surface area contributed by atoms with Crippen molar-refractivity contribution < 1.29 is 14.3 Å². The number of rotatable bonds is 4. The van der Waals surface area contributed by atoms with Crippen LogP contribution in [0.3, 0.4) is 0 Å². The van der Waals surface area contributed by atoms with E-state index in [-0.39, 0.29) is 11.4 Å². The van der Waals surface area contributed by atoms with E-state index in [0.717, 1.165) is 31.2 Å². The number of hydrogen-bond donors (Lipinski definition) is 1. The summed E-state index contributed by atoms with van der Waals surface area (Å²) in [6, 6.07) is 7.54. The summed E-state index contributed by atoms with van der Waals surface area (Å²) < 4.78 is 11.0. The molecule has 1 fully saturated rings. The van der Waals surface area contributed by atoms with Crippen LogP contribution in [0.5, 0.6) is 5.75 Å². The van der Waals surface area contributed by atoms with E-state index in [1.807, 2.05) is 24.3 Å². The van der Waals surface area contributed by atoms with Crippen LogP contribution < -0.4 is 4.74 Å². The third-order valence-corrected chi connectivity index (χ3v) is 4.88. The molecular weight excluding hydrogens is 288 g/mol. The van der Waals surface area contributed by atoms with Crippen molar-refractivity contribution in [2.75, 3.05) is 7.11 Å². The Morgan fingerprint density at radius 3 is 2.86 bits per heavy atom. The molecule has 1 aromatic heterocycles. The van der Waals surface area contributed by atoms with Gasteiger partial charge in [0.15, 0.2) is 0 Å². The number of ether oxygens (including phenoxy) is 1. The fourth-order valence-electron chi connectivity index (χ4n) is 2.53. The predicted octanol–water partition coefficient (Wildman–Crippen LogP) is 3.14. The van der Waals surface area contributed by atoms with Crippen LogP contribution in [-0.2, 0) is 0 Å². The highest BCUT2D eigenvalue weighted by molar-refractivity contribution is 7.99. The van der Waals surface area contributed by atoms with Crippen molar-refractivity contribution in [1.82, 2.24) is 10.2 Å². The second kappa shape index (κ2) is 6.49. The SMILES string of the molecule is COc1ccccc1-c1nnc(SC2CCCCC2O)o1. The molecule has 2 aromatic rings. The molecule has 0 bridgehead atoms. The van der Waals surface area contributed by atoms with Crippen molar-refractivity contribution in [3.05, 3.63) is 24.3 Å². The van der Waals surface area contributed by atoms with Crippen LogP contribution in [0, 0.1) is 0 Å². The van der Waals surface area contributed by atoms with Gasteiger partial charge in [-0.15, -0.1) is 10.2 Å². The summed E-state index contributed by atoms with van der Waals surface area (Å²) in [5.74, 6) is 1.15. The van der Waals surface area contributed by atoms with Gasteiger partial charge in [-0.25, -0.2) is 0 Å². The third kappa shape index (κ3) is 3.22. The topological polar surface area (TPSA) is 68.4 Å². The van der Waals surface area contributed by atoms with E-state index in [4.69, 9.17) is 9.15 Å². The normalized spacial score (nSPS) is 22.2. The highest BCUT2D eigenvalue weighted by Gasteiger charge is 2.26. The first-order chi connectivity index (χ1) is 10.3. The molecular formula is C15H18N2O3S. The Kier molecular flexibility index (Phi) is 4.45. The van der Waals surface area contributed by atoms with E-state index < -0.39 is 0 Å². The van der Waals surface area contributed by atoms with E-state index in [9.17, 15) is 5.11 Å². The zero-order valence-corrected chi connectivity index (χ0v) is 12.7. The Hall–Kier alpha value is -1.53. The van der Waals surface area contributed by atoms with Crippen molar-refractivity contribution in [2.24, 2.45) is 0 Å². The summed E-state index contributed by atoms with van der Waals surface area (Å²) in [4.78, 5) is 0. The molecule has 0 radical (unpaired) electrons. The van der Waals surface area contributed by atoms with Crippen LogP contribution in [0.4, 0.5) is 0 Å². The molecule has 1 N–H and O–H groups in total. The van der Waals surface area contributed by atoms with Gasteiger partial charge in [-0.1, -0.05) is 36.7 Å². The summed E-state index contributed by atoms with van der Waals surface area (Å²) in [6.07, 6.45) is 3.78. The van der Waals surface area contributed by atoms with E-state index >= 15 is 0 Å². The maximum atomic E-state index is 10.0. The minimum absolute atomic E-state index is 0.143. The van der Waals surface area contributed by atoms with Crippen LogP contribution in [0.25, 0.3) is 11.5 Å². The Labute approximate surface area is 127 Å². The fourth-order valence-corrected chi connectivity index (χ4v) is 3.58. The molecule has 0 amide bonds. The first kappa shape index (κ1) is 14.4. The van der Waals surface area contributed by atoms with Gasteiger partial charge in [0.25, 0.3) is 11.1 Å².